The summed E-state index contributed by atoms with van der Waals surface area (Å²) in [5.41, 5.74) is 2.17. The molecule has 1 aliphatic rings. The molecule has 0 spiro atoms. The van der Waals surface area contributed by atoms with Gasteiger partial charge < -0.3 is 19.5 Å². The number of fused-ring (bicyclic) bond motifs is 1. The number of nitrogens with one attached hydrogen (secondary N) is 1. The monoisotopic (exact) mass is 257 g/mol. The van der Waals surface area contributed by atoms with Crippen molar-refractivity contribution in [3.05, 3.63) is 48.0 Å². The molecule has 3 rings (SSSR count). The third-order valence-corrected chi connectivity index (χ3v) is 3.00. The van der Waals surface area contributed by atoms with E-state index in [1.165, 1.54) is 0 Å². The second-order valence-corrected chi connectivity index (χ2v) is 4.27. The summed E-state index contributed by atoms with van der Waals surface area (Å²) >= 11 is 0. The van der Waals surface area contributed by atoms with Crippen LogP contribution in [0.15, 0.2) is 42.5 Å². The summed E-state index contributed by atoms with van der Waals surface area (Å²) in [5.74, 6) is 2.46. The van der Waals surface area contributed by atoms with Gasteiger partial charge in [-0.1, -0.05) is 12.1 Å². The van der Waals surface area contributed by atoms with Gasteiger partial charge in [0.2, 0.25) is 6.79 Å². The molecule has 0 radical (unpaired) electrons. The normalized spacial score (nSPS) is 12.3. The molecule has 4 heteroatoms. The molecule has 1 N–H and O–H groups in total. The molecule has 0 unspecified atom stereocenters. The summed E-state index contributed by atoms with van der Waals surface area (Å²) in [7, 11) is 1.66. The van der Waals surface area contributed by atoms with Crippen LogP contribution in [0.5, 0.6) is 17.2 Å². The first-order chi connectivity index (χ1) is 9.35. The van der Waals surface area contributed by atoms with E-state index in [0.29, 0.717) is 6.79 Å². The number of anilines is 1. The van der Waals surface area contributed by atoms with Crippen LogP contribution in [0.4, 0.5) is 5.69 Å². The molecule has 0 aromatic heterocycles. The van der Waals surface area contributed by atoms with Crippen LogP contribution in [0.1, 0.15) is 5.56 Å². The fourth-order valence-corrected chi connectivity index (χ4v) is 1.99. The molecule has 1 aliphatic heterocycles. The first-order valence-corrected chi connectivity index (χ1v) is 6.11. The molecule has 2 aromatic carbocycles. The molecule has 98 valence electrons. The van der Waals surface area contributed by atoms with Crippen LogP contribution >= 0.6 is 0 Å². The van der Waals surface area contributed by atoms with E-state index in [1.54, 1.807) is 7.11 Å². The van der Waals surface area contributed by atoms with Crippen molar-refractivity contribution in [2.75, 3.05) is 19.2 Å². The Balaban J connectivity index is 1.68. The number of hydrogen-bond acceptors (Lipinski definition) is 4. The zero-order valence-corrected chi connectivity index (χ0v) is 10.7. The summed E-state index contributed by atoms with van der Waals surface area (Å²) in [5, 5.41) is 3.35. The van der Waals surface area contributed by atoms with Crippen LogP contribution in [-0.2, 0) is 6.54 Å². The summed E-state index contributed by atoms with van der Waals surface area (Å²) in [6.45, 7) is 1.03. The minimum absolute atomic E-state index is 0.308. The molecule has 0 amide bonds. The third kappa shape index (κ3) is 2.57. The Kier molecular flexibility index (Phi) is 3.14. The lowest BCUT2D eigenvalue weighted by Gasteiger charge is -2.08. The first-order valence-electron chi connectivity index (χ1n) is 6.11. The molecule has 2 aromatic rings. The van der Waals surface area contributed by atoms with Crippen LogP contribution in [0, 0.1) is 0 Å². The third-order valence-electron chi connectivity index (χ3n) is 3.00. The maximum atomic E-state index is 5.36. The average Bonchev–Trinajstić information content (AvgIpc) is 2.93. The van der Waals surface area contributed by atoms with E-state index in [1.807, 2.05) is 42.5 Å². The van der Waals surface area contributed by atoms with Crippen molar-refractivity contribution in [3.63, 3.8) is 0 Å². The molecule has 4 nitrogen and oxygen atoms in total. The van der Waals surface area contributed by atoms with Gasteiger partial charge in [-0.3, -0.25) is 0 Å². The molecular formula is C15H15NO3. The van der Waals surface area contributed by atoms with Gasteiger partial charge in [-0.05, 0) is 29.8 Å². The molecular weight excluding hydrogens is 242 g/mol. The van der Waals surface area contributed by atoms with Gasteiger partial charge in [-0.25, -0.2) is 0 Å². The first kappa shape index (κ1) is 11.7. The maximum absolute atomic E-state index is 5.36. The second-order valence-electron chi connectivity index (χ2n) is 4.27. The van der Waals surface area contributed by atoms with Crippen molar-refractivity contribution in [3.8, 4) is 17.2 Å². The van der Waals surface area contributed by atoms with Crippen molar-refractivity contribution in [1.29, 1.82) is 0 Å². The smallest absolute Gasteiger partial charge is 0.231 e. The zero-order valence-electron chi connectivity index (χ0n) is 10.7. The van der Waals surface area contributed by atoms with Gasteiger partial charge >= 0.3 is 0 Å². The van der Waals surface area contributed by atoms with E-state index in [2.05, 4.69) is 5.32 Å². The SMILES string of the molecule is COc1cccc(NCc2ccc3c(c2)OCO3)c1. The predicted molar refractivity (Wildman–Crippen MR) is 72.9 cm³/mol. The van der Waals surface area contributed by atoms with E-state index in [9.17, 15) is 0 Å². The summed E-state index contributed by atoms with van der Waals surface area (Å²) < 4.78 is 15.8. The van der Waals surface area contributed by atoms with Crippen LogP contribution in [0.2, 0.25) is 0 Å². The number of hydrogen-bond donors (Lipinski definition) is 1. The lowest BCUT2D eigenvalue weighted by molar-refractivity contribution is 0.174. The highest BCUT2D eigenvalue weighted by atomic mass is 16.7. The fourth-order valence-electron chi connectivity index (χ4n) is 1.99. The van der Waals surface area contributed by atoms with Crippen LogP contribution in [0.3, 0.4) is 0 Å². The fraction of sp³-hybridized carbons (Fsp3) is 0.200. The quantitative estimate of drug-likeness (QED) is 0.913. The number of benzene rings is 2. The Morgan fingerprint density at radius 3 is 2.89 bits per heavy atom. The largest absolute Gasteiger partial charge is 0.497 e. The number of methoxy groups -OCH3 is 1. The van der Waals surface area contributed by atoms with Gasteiger partial charge in [0.15, 0.2) is 11.5 Å². The van der Waals surface area contributed by atoms with Crippen molar-refractivity contribution < 1.29 is 14.2 Å². The van der Waals surface area contributed by atoms with Gasteiger partial charge in [0.1, 0.15) is 5.75 Å². The van der Waals surface area contributed by atoms with E-state index in [0.717, 1.165) is 35.0 Å². The molecule has 0 saturated carbocycles. The summed E-state index contributed by atoms with van der Waals surface area (Å²) in [4.78, 5) is 0. The van der Waals surface area contributed by atoms with Gasteiger partial charge in [-0.15, -0.1) is 0 Å². The lowest BCUT2D eigenvalue weighted by atomic mass is 10.2. The highest BCUT2D eigenvalue weighted by Gasteiger charge is 2.12. The zero-order chi connectivity index (χ0) is 13.1. The second kappa shape index (κ2) is 5.10. The molecule has 1 heterocycles. The van der Waals surface area contributed by atoms with Crippen molar-refractivity contribution in [1.82, 2.24) is 0 Å². The standard InChI is InChI=1S/C15H15NO3/c1-17-13-4-2-3-12(8-13)16-9-11-5-6-14-15(7-11)19-10-18-14/h2-8,16H,9-10H2,1H3. The Morgan fingerprint density at radius 1 is 1.11 bits per heavy atom. The van der Waals surface area contributed by atoms with Gasteiger partial charge in [0.25, 0.3) is 0 Å². The number of ether oxygens (including phenoxy) is 3. The molecule has 0 aliphatic carbocycles. The molecule has 0 atom stereocenters. The Labute approximate surface area is 111 Å². The number of rotatable bonds is 4. The summed E-state index contributed by atoms with van der Waals surface area (Å²) in [6.07, 6.45) is 0. The topological polar surface area (TPSA) is 39.7 Å². The van der Waals surface area contributed by atoms with E-state index < -0.39 is 0 Å². The van der Waals surface area contributed by atoms with Gasteiger partial charge in [0, 0.05) is 18.3 Å². The highest BCUT2D eigenvalue weighted by molar-refractivity contribution is 5.50. The average molecular weight is 257 g/mol. The predicted octanol–water partition coefficient (Wildman–Crippen LogP) is 3.04. The Morgan fingerprint density at radius 2 is 2.00 bits per heavy atom. The van der Waals surface area contributed by atoms with Crippen LogP contribution < -0.4 is 19.5 Å². The molecule has 0 fully saturated rings. The van der Waals surface area contributed by atoms with Gasteiger partial charge in [0.05, 0.1) is 7.11 Å². The van der Waals surface area contributed by atoms with E-state index in [4.69, 9.17) is 14.2 Å². The Hall–Kier alpha value is -2.36. The molecule has 0 bridgehead atoms. The van der Waals surface area contributed by atoms with Crippen molar-refractivity contribution in [2.24, 2.45) is 0 Å². The van der Waals surface area contributed by atoms with E-state index in [-0.39, 0.29) is 0 Å². The van der Waals surface area contributed by atoms with E-state index >= 15 is 0 Å². The molecule has 19 heavy (non-hydrogen) atoms. The van der Waals surface area contributed by atoms with Crippen molar-refractivity contribution in [2.45, 2.75) is 6.54 Å². The highest BCUT2D eigenvalue weighted by Crippen LogP contribution is 2.32. The maximum Gasteiger partial charge on any atom is 0.231 e. The van der Waals surface area contributed by atoms with Gasteiger partial charge in [-0.2, -0.15) is 0 Å². The Bertz CT molecular complexity index is 583. The van der Waals surface area contributed by atoms with Crippen molar-refractivity contribution >= 4 is 5.69 Å². The van der Waals surface area contributed by atoms with Crippen LogP contribution in [-0.4, -0.2) is 13.9 Å². The lowest BCUT2D eigenvalue weighted by Crippen LogP contribution is -1.99. The minimum Gasteiger partial charge on any atom is -0.497 e. The summed E-state index contributed by atoms with van der Waals surface area (Å²) in [6, 6.07) is 13.8. The van der Waals surface area contributed by atoms with Crippen LogP contribution in [0.25, 0.3) is 0 Å². The molecule has 0 saturated heterocycles. The minimum atomic E-state index is 0.308.